The Morgan fingerprint density at radius 1 is 1.12 bits per heavy atom. The van der Waals surface area contributed by atoms with Gasteiger partial charge in [-0.2, -0.15) is 5.10 Å². The summed E-state index contributed by atoms with van der Waals surface area (Å²) in [6, 6.07) is 12.0. The summed E-state index contributed by atoms with van der Waals surface area (Å²) in [6.07, 6.45) is 9.28. The van der Waals surface area contributed by atoms with E-state index >= 15 is 0 Å². The maximum absolute atomic E-state index is 12.4. The molecular formula is C20H22N4O. The SMILES string of the molecule is Cc1ccc(C(NC(=O)CCCc2cn[nH]c2)c2ccncc2)cc1. The molecule has 3 rings (SSSR count). The number of amides is 1. The van der Waals surface area contributed by atoms with Gasteiger partial charge in [0.2, 0.25) is 5.91 Å². The largest absolute Gasteiger partial charge is 0.345 e. The van der Waals surface area contributed by atoms with Crippen LogP contribution in [0.15, 0.2) is 61.2 Å². The number of aromatic amines is 1. The van der Waals surface area contributed by atoms with Crippen molar-refractivity contribution >= 4 is 5.91 Å². The first-order chi connectivity index (χ1) is 12.2. The van der Waals surface area contributed by atoms with Crippen molar-refractivity contribution in [2.24, 2.45) is 0 Å². The second-order valence-corrected chi connectivity index (χ2v) is 6.15. The molecule has 5 heteroatoms. The van der Waals surface area contributed by atoms with E-state index < -0.39 is 0 Å². The fourth-order valence-electron chi connectivity index (χ4n) is 2.77. The second-order valence-electron chi connectivity index (χ2n) is 6.15. The van der Waals surface area contributed by atoms with E-state index in [0.717, 1.165) is 29.5 Å². The van der Waals surface area contributed by atoms with Crippen LogP contribution in [0.2, 0.25) is 0 Å². The Bertz CT molecular complexity index is 782. The quantitative estimate of drug-likeness (QED) is 0.696. The molecule has 1 aromatic carbocycles. The molecule has 1 amide bonds. The molecule has 0 fully saturated rings. The Balaban J connectivity index is 1.67. The van der Waals surface area contributed by atoms with Crippen LogP contribution in [0.5, 0.6) is 0 Å². The van der Waals surface area contributed by atoms with E-state index in [4.69, 9.17) is 0 Å². The minimum atomic E-state index is -0.162. The summed E-state index contributed by atoms with van der Waals surface area (Å²) in [5.41, 5.74) is 4.42. The lowest BCUT2D eigenvalue weighted by Gasteiger charge is -2.20. The van der Waals surface area contributed by atoms with Gasteiger partial charge in [-0.05, 0) is 48.6 Å². The molecule has 0 aliphatic heterocycles. The molecule has 0 saturated heterocycles. The summed E-state index contributed by atoms with van der Waals surface area (Å²) in [6.45, 7) is 2.06. The predicted molar refractivity (Wildman–Crippen MR) is 96.9 cm³/mol. The van der Waals surface area contributed by atoms with Gasteiger partial charge in [0.05, 0.1) is 12.2 Å². The van der Waals surface area contributed by atoms with Gasteiger partial charge in [0.15, 0.2) is 0 Å². The molecule has 0 saturated carbocycles. The highest BCUT2D eigenvalue weighted by Gasteiger charge is 2.16. The average molecular weight is 334 g/mol. The van der Waals surface area contributed by atoms with Crippen molar-refractivity contribution < 1.29 is 4.79 Å². The highest BCUT2D eigenvalue weighted by molar-refractivity contribution is 5.77. The van der Waals surface area contributed by atoms with Gasteiger partial charge in [0.1, 0.15) is 0 Å². The Kier molecular flexibility index (Phi) is 5.57. The molecular weight excluding hydrogens is 312 g/mol. The summed E-state index contributed by atoms with van der Waals surface area (Å²) in [7, 11) is 0. The number of aryl methyl sites for hydroxylation is 2. The molecule has 5 nitrogen and oxygen atoms in total. The van der Waals surface area contributed by atoms with Crippen molar-refractivity contribution in [3.05, 3.63) is 83.4 Å². The molecule has 0 aliphatic rings. The van der Waals surface area contributed by atoms with Crippen LogP contribution < -0.4 is 5.32 Å². The zero-order valence-electron chi connectivity index (χ0n) is 14.3. The fraction of sp³-hybridized carbons (Fsp3) is 0.250. The summed E-state index contributed by atoms with van der Waals surface area (Å²) in [5.74, 6) is 0.0471. The zero-order chi connectivity index (χ0) is 17.5. The zero-order valence-corrected chi connectivity index (χ0v) is 14.3. The number of carbonyl (C=O) groups excluding carboxylic acids is 1. The third-order valence-corrected chi connectivity index (χ3v) is 4.18. The van der Waals surface area contributed by atoms with Crippen molar-refractivity contribution in [2.45, 2.75) is 32.2 Å². The number of hydrogen-bond donors (Lipinski definition) is 2. The second kappa shape index (κ2) is 8.24. The topological polar surface area (TPSA) is 70.7 Å². The molecule has 0 bridgehead atoms. The lowest BCUT2D eigenvalue weighted by atomic mass is 9.98. The van der Waals surface area contributed by atoms with E-state index in [1.807, 2.05) is 18.3 Å². The molecule has 0 radical (unpaired) electrons. The number of pyridine rings is 1. The lowest BCUT2D eigenvalue weighted by molar-refractivity contribution is -0.121. The van der Waals surface area contributed by atoms with Crippen LogP contribution >= 0.6 is 0 Å². The first kappa shape index (κ1) is 16.9. The number of nitrogens with zero attached hydrogens (tertiary/aromatic N) is 2. The van der Waals surface area contributed by atoms with E-state index in [0.29, 0.717) is 6.42 Å². The van der Waals surface area contributed by atoms with E-state index in [1.165, 1.54) is 5.56 Å². The van der Waals surface area contributed by atoms with Gasteiger partial charge in [0.25, 0.3) is 0 Å². The average Bonchev–Trinajstić information content (AvgIpc) is 3.15. The molecule has 25 heavy (non-hydrogen) atoms. The summed E-state index contributed by atoms with van der Waals surface area (Å²) in [5, 5.41) is 9.87. The van der Waals surface area contributed by atoms with Crippen molar-refractivity contribution in [3.8, 4) is 0 Å². The normalized spacial score (nSPS) is 11.9. The van der Waals surface area contributed by atoms with Crippen LogP contribution in [0, 0.1) is 6.92 Å². The van der Waals surface area contributed by atoms with Crippen molar-refractivity contribution in [1.82, 2.24) is 20.5 Å². The molecule has 128 valence electrons. The van der Waals surface area contributed by atoms with Gasteiger partial charge in [-0.3, -0.25) is 14.9 Å². The number of hydrogen-bond acceptors (Lipinski definition) is 3. The molecule has 0 spiro atoms. The number of benzene rings is 1. The van der Waals surface area contributed by atoms with Crippen LogP contribution in [-0.4, -0.2) is 21.1 Å². The van der Waals surface area contributed by atoms with Crippen molar-refractivity contribution in [1.29, 1.82) is 0 Å². The van der Waals surface area contributed by atoms with Crippen molar-refractivity contribution in [3.63, 3.8) is 0 Å². The maximum Gasteiger partial charge on any atom is 0.220 e. The number of H-pyrrole nitrogens is 1. The summed E-state index contributed by atoms with van der Waals surface area (Å²) < 4.78 is 0. The van der Waals surface area contributed by atoms with Gasteiger partial charge in [-0.1, -0.05) is 29.8 Å². The Morgan fingerprint density at radius 3 is 2.52 bits per heavy atom. The van der Waals surface area contributed by atoms with Crippen LogP contribution in [0.1, 0.15) is 41.1 Å². The van der Waals surface area contributed by atoms with E-state index in [2.05, 4.69) is 51.7 Å². The van der Waals surface area contributed by atoms with Gasteiger partial charge >= 0.3 is 0 Å². The monoisotopic (exact) mass is 334 g/mol. The molecule has 2 heterocycles. The van der Waals surface area contributed by atoms with Gasteiger partial charge < -0.3 is 5.32 Å². The molecule has 2 aromatic heterocycles. The van der Waals surface area contributed by atoms with Gasteiger partial charge in [-0.15, -0.1) is 0 Å². The van der Waals surface area contributed by atoms with E-state index in [1.54, 1.807) is 18.6 Å². The Hall–Kier alpha value is -2.95. The predicted octanol–water partition coefficient (Wildman–Crippen LogP) is 3.34. The smallest absolute Gasteiger partial charge is 0.220 e. The molecule has 1 atom stereocenters. The van der Waals surface area contributed by atoms with Crippen LogP contribution in [0.4, 0.5) is 0 Å². The first-order valence-electron chi connectivity index (χ1n) is 8.46. The minimum Gasteiger partial charge on any atom is -0.345 e. The minimum absolute atomic E-state index is 0.0471. The van der Waals surface area contributed by atoms with Crippen LogP contribution in [0.25, 0.3) is 0 Å². The summed E-state index contributed by atoms with van der Waals surface area (Å²) in [4.78, 5) is 16.5. The highest BCUT2D eigenvalue weighted by atomic mass is 16.1. The molecule has 1 unspecified atom stereocenters. The molecule has 3 aromatic rings. The van der Waals surface area contributed by atoms with Gasteiger partial charge in [-0.25, -0.2) is 0 Å². The van der Waals surface area contributed by atoms with Crippen LogP contribution in [-0.2, 0) is 11.2 Å². The number of carbonyl (C=O) groups is 1. The summed E-state index contributed by atoms with van der Waals surface area (Å²) >= 11 is 0. The third kappa shape index (κ3) is 4.76. The Morgan fingerprint density at radius 2 is 1.84 bits per heavy atom. The number of rotatable bonds is 7. The van der Waals surface area contributed by atoms with Crippen LogP contribution in [0.3, 0.4) is 0 Å². The van der Waals surface area contributed by atoms with E-state index in [-0.39, 0.29) is 11.9 Å². The number of nitrogens with one attached hydrogen (secondary N) is 2. The van der Waals surface area contributed by atoms with E-state index in [9.17, 15) is 4.79 Å². The lowest BCUT2D eigenvalue weighted by Crippen LogP contribution is -2.29. The molecule has 2 N–H and O–H groups in total. The highest BCUT2D eigenvalue weighted by Crippen LogP contribution is 2.22. The fourth-order valence-corrected chi connectivity index (χ4v) is 2.77. The van der Waals surface area contributed by atoms with Gasteiger partial charge in [0, 0.05) is 25.0 Å². The third-order valence-electron chi connectivity index (χ3n) is 4.18. The molecule has 0 aliphatic carbocycles. The maximum atomic E-state index is 12.4. The van der Waals surface area contributed by atoms with Crippen molar-refractivity contribution in [2.75, 3.05) is 0 Å². The standard InChI is InChI=1S/C20H22N4O/c1-15-5-7-17(8-6-15)20(18-9-11-21-12-10-18)24-19(25)4-2-3-16-13-22-23-14-16/h5-14,20H,2-4H2,1H3,(H,22,23)(H,24,25). The first-order valence-corrected chi connectivity index (χ1v) is 8.46. The Labute approximate surface area is 147 Å². The number of aromatic nitrogens is 3.